The smallest absolute Gasteiger partial charge is 0.416 e. The number of H-pyrrole nitrogens is 1. The first-order chi connectivity index (χ1) is 24.9. The van der Waals surface area contributed by atoms with Gasteiger partial charge in [-0.3, -0.25) is 25.0 Å². The number of para-hydroxylation sites is 2. The van der Waals surface area contributed by atoms with Crippen molar-refractivity contribution >= 4 is 39.1 Å². The zero-order valence-electron chi connectivity index (χ0n) is 26.6. The van der Waals surface area contributed by atoms with Gasteiger partial charge in [-0.05, 0) is 55.0 Å². The lowest BCUT2D eigenvalue weighted by molar-refractivity contribution is -0.383. The number of hydrogen-bond donors (Lipinski definition) is 1. The van der Waals surface area contributed by atoms with Crippen LogP contribution in [0, 0.1) is 20.2 Å². The first-order valence-electron chi connectivity index (χ1n) is 14.9. The number of carbonyl (C=O) groups excluding carboxylic acids is 1. The van der Waals surface area contributed by atoms with Gasteiger partial charge in [0, 0.05) is 17.7 Å². The summed E-state index contributed by atoms with van der Waals surface area (Å²) in [7, 11) is 0. The molecule has 4 aromatic carbocycles. The summed E-state index contributed by atoms with van der Waals surface area (Å²) in [4.78, 5) is 64.7. The standard InChI is InChI=1S/C19H13F3N2O5.C15H7F3N2O4/c1-2-29-18(26)14-15(10-5-3-6-11(9-10)19(20,21)22)23-16-12(17(14)25)7-4-8-13(16)24(27)28;16-15(17,18)9-4-1-3-8(7-9)13-19-12-10(14(21)24-13)5-2-6-11(12)20(22)23/h3-9H,2H2,1H3,(H,23,25);1-7H. The van der Waals surface area contributed by atoms with Crippen molar-refractivity contribution in [3.63, 3.8) is 0 Å². The molecule has 272 valence electrons. The van der Waals surface area contributed by atoms with Crippen molar-refractivity contribution in [1.29, 1.82) is 0 Å². The van der Waals surface area contributed by atoms with Gasteiger partial charge in [0.2, 0.25) is 11.3 Å². The average molecular weight is 743 g/mol. The van der Waals surface area contributed by atoms with E-state index >= 15 is 0 Å². The minimum Gasteiger partial charge on any atom is -0.462 e. The number of benzene rings is 4. The van der Waals surface area contributed by atoms with Gasteiger partial charge < -0.3 is 14.1 Å². The molecule has 0 aliphatic heterocycles. The number of non-ortho nitro benzene ring substituents is 2. The fourth-order valence-electron chi connectivity index (χ4n) is 5.09. The zero-order valence-corrected chi connectivity index (χ0v) is 26.6. The Kier molecular flexibility index (Phi) is 10.1. The lowest BCUT2D eigenvalue weighted by Crippen LogP contribution is -2.21. The third-order valence-corrected chi connectivity index (χ3v) is 7.44. The molecule has 19 heteroatoms. The van der Waals surface area contributed by atoms with E-state index in [2.05, 4.69) is 9.97 Å². The van der Waals surface area contributed by atoms with Crippen LogP contribution in [0.1, 0.15) is 28.4 Å². The Labute approximate surface area is 290 Å². The van der Waals surface area contributed by atoms with Crippen LogP contribution in [0.2, 0.25) is 0 Å². The highest BCUT2D eigenvalue weighted by molar-refractivity contribution is 6.01. The Bertz CT molecular complexity index is 2550. The second-order valence-electron chi connectivity index (χ2n) is 10.8. The molecule has 0 unspecified atom stereocenters. The summed E-state index contributed by atoms with van der Waals surface area (Å²) in [6, 6.07) is 15.3. The van der Waals surface area contributed by atoms with Crippen molar-refractivity contribution < 1.29 is 50.1 Å². The number of nitrogens with one attached hydrogen (secondary N) is 1. The number of carbonyl (C=O) groups is 1. The number of nitrogens with zero attached hydrogens (tertiary/aromatic N) is 3. The average Bonchev–Trinajstić information content (AvgIpc) is 3.10. The minimum atomic E-state index is -4.66. The van der Waals surface area contributed by atoms with Crippen molar-refractivity contribution in [3.05, 3.63) is 142 Å². The number of alkyl halides is 6. The normalized spacial score (nSPS) is 11.5. The summed E-state index contributed by atoms with van der Waals surface area (Å²) >= 11 is 0. The molecular formula is C34H20F6N4O9. The van der Waals surface area contributed by atoms with Crippen LogP contribution in [0.3, 0.4) is 0 Å². The van der Waals surface area contributed by atoms with E-state index in [1.165, 1.54) is 43.3 Å². The number of aromatic amines is 1. The molecule has 0 bridgehead atoms. The van der Waals surface area contributed by atoms with Crippen LogP contribution >= 0.6 is 0 Å². The number of fused-ring (bicyclic) bond motifs is 2. The number of ether oxygens (including phenoxy) is 1. The predicted molar refractivity (Wildman–Crippen MR) is 175 cm³/mol. The maximum atomic E-state index is 13.1. The zero-order chi connectivity index (χ0) is 38.8. The number of nitro groups is 2. The minimum absolute atomic E-state index is 0.0761. The number of esters is 1. The Balaban J connectivity index is 0.000000208. The first kappa shape index (κ1) is 37.3. The number of aromatic nitrogens is 2. The molecule has 0 spiro atoms. The van der Waals surface area contributed by atoms with Crippen LogP contribution in [0.25, 0.3) is 44.5 Å². The van der Waals surface area contributed by atoms with Crippen molar-refractivity contribution in [3.8, 4) is 22.7 Å². The molecule has 0 fully saturated rings. The van der Waals surface area contributed by atoms with E-state index in [0.717, 1.165) is 48.5 Å². The number of hydrogen-bond acceptors (Lipinski definition) is 10. The number of pyridine rings is 1. The second-order valence-corrected chi connectivity index (χ2v) is 10.8. The fraction of sp³-hybridized carbons (Fsp3) is 0.118. The van der Waals surface area contributed by atoms with Gasteiger partial charge in [-0.2, -0.15) is 26.3 Å². The van der Waals surface area contributed by atoms with Gasteiger partial charge in [0.15, 0.2) is 5.52 Å². The number of halogens is 6. The SMILES string of the molecule is CCOC(=O)c1c(-c2cccc(C(F)(F)F)c2)[nH]c2c([N+](=O)[O-])cccc2c1=O.O=c1oc(-c2cccc(C(F)(F)F)c2)nc2c([N+](=O)[O-])cccc12. The van der Waals surface area contributed by atoms with Gasteiger partial charge in [0.05, 0.1) is 44.0 Å². The Morgan fingerprint density at radius 3 is 1.89 bits per heavy atom. The lowest BCUT2D eigenvalue weighted by Gasteiger charge is -2.13. The molecule has 6 aromatic rings. The molecule has 0 aliphatic rings. The summed E-state index contributed by atoms with van der Waals surface area (Å²) in [5.74, 6) is -1.47. The number of nitro benzene ring substituents is 2. The Morgan fingerprint density at radius 1 is 0.792 bits per heavy atom. The first-order valence-corrected chi connectivity index (χ1v) is 14.9. The van der Waals surface area contributed by atoms with Crippen LogP contribution in [0.4, 0.5) is 37.7 Å². The molecule has 0 aliphatic carbocycles. The summed E-state index contributed by atoms with van der Waals surface area (Å²) in [6.07, 6.45) is -9.25. The molecule has 1 N–H and O–H groups in total. The largest absolute Gasteiger partial charge is 0.462 e. The van der Waals surface area contributed by atoms with E-state index in [9.17, 15) is 61.0 Å². The maximum absolute atomic E-state index is 13.1. The quantitative estimate of drug-likeness (QED) is 0.0756. The van der Waals surface area contributed by atoms with E-state index in [4.69, 9.17) is 9.15 Å². The van der Waals surface area contributed by atoms with E-state index in [1.807, 2.05) is 0 Å². The molecule has 0 amide bonds. The maximum Gasteiger partial charge on any atom is 0.416 e. The molecule has 0 saturated carbocycles. The molecule has 2 heterocycles. The van der Waals surface area contributed by atoms with E-state index < -0.39 is 73.2 Å². The van der Waals surface area contributed by atoms with Crippen LogP contribution in [-0.4, -0.2) is 32.4 Å². The molecule has 0 atom stereocenters. The molecule has 0 saturated heterocycles. The summed E-state index contributed by atoms with van der Waals surface area (Å²) in [5, 5.41) is 22.1. The lowest BCUT2D eigenvalue weighted by atomic mass is 10.0. The third kappa shape index (κ3) is 7.72. The summed E-state index contributed by atoms with van der Waals surface area (Å²) in [5.41, 5.74) is -6.17. The highest BCUT2D eigenvalue weighted by Crippen LogP contribution is 2.35. The molecule has 13 nitrogen and oxygen atoms in total. The van der Waals surface area contributed by atoms with E-state index in [0.29, 0.717) is 0 Å². The van der Waals surface area contributed by atoms with E-state index in [-0.39, 0.29) is 45.2 Å². The van der Waals surface area contributed by atoms with Crippen molar-refractivity contribution in [2.24, 2.45) is 0 Å². The monoisotopic (exact) mass is 742 g/mol. The van der Waals surface area contributed by atoms with Crippen LogP contribution < -0.4 is 11.1 Å². The topological polar surface area (TPSA) is 189 Å². The van der Waals surface area contributed by atoms with Gasteiger partial charge in [0.25, 0.3) is 11.4 Å². The Morgan fingerprint density at radius 2 is 1.32 bits per heavy atom. The highest BCUT2D eigenvalue weighted by atomic mass is 19.4. The van der Waals surface area contributed by atoms with Gasteiger partial charge in [-0.15, -0.1) is 0 Å². The molecule has 6 rings (SSSR count). The van der Waals surface area contributed by atoms with Crippen LogP contribution in [-0.2, 0) is 17.1 Å². The molecule has 53 heavy (non-hydrogen) atoms. The fourth-order valence-corrected chi connectivity index (χ4v) is 5.09. The summed E-state index contributed by atoms with van der Waals surface area (Å²) in [6.45, 7) is 1.43. The van der Waals surface area contributed by atoms with Crippen LogP contribution in [0.5, 0.6) is 0 Å². The number of rotatable bonds is 6. The predicted octanol–water partition coefficient (Wildman–Crippen LogP) is 8.08. The molecule has 0 radical (unpaired) electrons. The second kappa shape index (κ2) is 14.4. The van der Waals surface area contributed by atoms with Crippen LogP contribution in [0.15, 0.2) is 98.9 Å². The van der Waals surface area contributed by atoms with Gasteiger partial charge in [-0.25, -0.2) is 14.6 Å². The van der Waals surface area contributed by atoms with Gasteiger partial charge in [0.1, 0.15) is 11.1 Å². The summed E-state index contributed by atoms with van der Waals surface area (Å²) < 4.78 is 87.5. The molecular weight excluding hydrogens is 722 g/mol. The van der Waals surface area contributed by atoms with Gasteiger partial charge >= 0.3 is 23.9 Å². The Hall–Kier alpha value is -6.92. The molecule has 2 aromatic heterocycles. The third-order valence-electron chi connectivity index (χ3n) is 7.44. The highest BCUT2D eigenvalue weighted by Gasteiger charge is 2.32. The van der Waals surface area contributed by atoms with Crippen molar-refractivity contribution in [1.82, 2.24) is 9.97 Å². The van der Waals surface area contributed by atoms with Gasteiger partial charge in [-0.1, -0.05) is 30.3 Å². The van der Waals surface area contributed by atoms with Crippen molar-refractivity contribution in [2.45, 2.75) is 19.3 Å². The van der Waals surface area contributed by atoms with E-state index in [1.54, 1.807) is 0 Å². The van der Waals surface area contributed by atoms with Crippen molar-refractivity contribution in [2.75, 3.05) is 6.61 Å².